The number of hydrogen-bond acceptors (Lipinski definition) is 10. The van der Waals surface area contributed by atoms with E-state index in [0.29, 0.717) is 10.5 Å². The van der Waals surface area contributed by atoms with Crippen molar-refractivity contribution in [3.63, 3.8) is 0 Å². The molecule has 0 aromatic carbocycles. The lowest BCUT2D eigenvalue weighted by Crippen LogP contribution is -2.33. The Labute approximate surface area is 145 Å². The zero-order chi connectivity index (χ0) is 17.6. The summed E-state index contributed by atoms with van der Waals surface area (Å²) < 4.78 is 6.75. The van der Waals surface area contributed by atoms with E-state index in [4.69, 9.17) is 28.4 Å². The van der Waals surface area contributed by atoms with Crippen LogP contribution in [-0.2, 0) is 4.74 Å². The maximum absolute atomic E-state index is 10.2. The van der Waals surface area contributed by atoms with Gasteiger partial charge in [0.15, 0.2) is 17.0 Å². The molecule has 2 aromatic heterocycles. The molecule has 1 aliphatic rings. The van der Waals surface area contributed by atoms with Gasteiger partial charge < -0.3 is 31.5 Å². The number of ether oxygens (including phenoxy) is 1. The topological polar surface area (TPSA) is 166 Å². The Morgan fingerprint density at radius 2 is 2.08 bits per heavy atom. The molecule has 1 fully saturated rings. The van der Waals surface area contributed by atoms with Gasteiger partial charge in [-0.2, -0.15) is 5.10 Å². The van der Waals surface area contributed by atoms with Crippen LogP contribution in [-0.4, -0.2) is 71.2 Å². The van der Waals surface area contributed by atoms with Crippen LogP contribution in [0.3, 0.4) is 0 Å². The minimum Gasteiger partial charge on any atom is -0.394 e. The molecule has 7 N–H and O–H groups in total. The van der Waals surface area contributed by atoms with E-state index < -0.39 is 31.1 Å². The first kappa shape index (κ1) is 17.3. The van der Waals surface area contributed by atoms with Crippen LogP contribution in [0.15, 0.2) is 5.16 Å². The van der Waals surface area contributed by atoms with Crippen molar-refractivity contribution in [2.24, 2.45) is 5.73 Å². The number of aromatic nitrogens is 4. The van der Waals surface area contributed by atoms with Crippen LogP contribution in [0, 0.1) is 0 Å². The molecule has 0 spiro atoms. The molecule has 1 saturated heterocycles. The standard InChI is InChI=1S/C12H16N6O4S2/c1-24-12-15-8(13)4-5(9(14)23)17-18(10(4)16-12)11-7(21)6(20)3(2-19)22-11/h3,6-7,11,19-21H,2H2,1H3,(H2,14,23)(H2,13,15,16)/t3-,6-,7-,11-/m1/s1. The number of nitrogens with zero attached hydrogens (tertiary/aromatic N) is 4. The third kappa shape index (κ3) is 2.60. The van der Waals surface area contributed by atoms with Gasteiger partial charge >= 0.3 is 0 Å². The van der Waals surface area contributed by atoms with Crippen LogP contribution < -0.4 is 11.5 Å². The molecule has 0 amide bonds. The summed E-state index contributed by atoms with van der Waals surface area (Å²) in [4.78, 5) is 8.45. The van der Waals surface area contributed by atoms with Crippen LogP contribution >= 0.6 is 24.0 Å². The van der Waals surface area contributed by atoms with E-state index in [-0.39, 0.29) is 22.1 Å². The molecule has 0 saturated carbocycles. The maximum Gasteiger partial charge on any atom is 0.191 e. The Morgan fingerprint density at radius 3 is 2.62 bits per heavy atom. The molecule has 10 nitrogen and oxygen atoms in total. The number of thiocarbonyl (C=S) groups is 1. The average Bonchev–Trinajstić information content (AvgIpc) is 3.07. The smallest absolute Gasteiger partial charge is 0.191 e. The van der Waals surface area contributed by atoms with Gasteiger partial charge in [-0.3, -0.25) is 0 Å². The Balaban J connectivity index is 2.21. The number of thioether (sulfide) groups is 1. The van der Waals surface area contributed by atoms with E-state index in [2.05, 4.69) is 15.1 Å². The molecule has 3 rings (SSSR count). The monoisotopic (exact) mass is 372 g/mol. The highest BCUT2D eigenvalue weighted by Gasteiger charge is 2.45. The van der Waals surface area contributed by atoms with Gasteiger partial charge in [0.05, 0.1) is 12.0 Å². The third-order valence-electron chi connectivity index (χ3n) is 3.73. The van der Waals surface area contributed by atoms with Gasteiger partial charge in [-0.1, -0.05) is 24.0 Å². The van der Waals surface area contributed by atoms with Gasteiger partial charge in [-0.25, -0.2) is 14.6 Å². The summed E-state index contributed by atoms with van der Waals surface area (Å²) in [6.45, 7) is -0.455. The first-order valence-electron chi connectivity index (χ1n) is 6.91. The van der Waals surface area contributed by atoms with E-state index >= 15 is 0 Å². The van der Waals surface area contributed by atoms with E-state index in [1.165, 1.54) is 16.4 Å². The number of hydrogen-bond donors (Lipinski definition) is 5. The molecular formula is C12H16N6O4S2. The lowest BCUT2D eigenvalue weighted by molar-refractivity contribution is -0.0567. The first-order valence-corrected chi connectivity index (χ1v) is 8.54. The lowest BCUT2D eigenvalue weighted by Gasteiger charge is -2.15. The predicted molar refractivity (Wildman–Crippen MR) is 90.4 cm³/mol. The number of aliphatic hydroxyl groups excluding tert-OH is 3. The number of rotatable bonds is 4. The van der Waals surface area contributed by atoms with Crippen molar-refractivity contribution in [3.05, 3.63) is 5.69 Å². The first-order chi connectivity index (χ1) is 11.4. The number of nitrogen functional groups attached to an aromatic ring is 1. The van der Waals surface area contributed by atoms with Crippen LogP contribution in [0.25, 0.3) is 11.0 Å². The zero-order valence-corrected chi connectivity index (χ0v) is 14.2. The highest BCUT2D eigenvalue weighted by molar-refractivity contribution is 7.98. The van der Waals surface area contributed by atoms with Crippen LogP contribution in [0.4, 0.5) is 5.82 Å². The van der Waals surface area contributed by atoms with Gasteiger partial charge in [0.1, 0.15) is 34.8 Å². The van der Waals surface area contributed by atoms with Crippen molar-refractivity contribution in [1.82, 2.24) is 19.7 Å². The highest BCUT2D eigenvalue weighted by atomic mass is 32.2. The van der Waals surface area contributed by atoms with Crippen LogP contribution in [0.2, 0.25) is 0 Å². The number of nitrogens with two attached hydrogens (primary N) is 2. The lowest BCUT2D eigenvalue weighted by atomic mass is 10.1. The molecular weight excluding hydrogens is 356 g/mol. The summed E-state index contributed by atoms with van der Waals surface area (Å²) >= 11 is 6.26. The number of aliphatic hydroxyl groups is 3. The second-order valence-corrected chi connectivity index (χ2v) is 6.39. The minimum atomic E-state index is -1.32. The molecule has 0 bridgehead atoms. The van der Waals surface area contributed by atoms with E-state index in [1.54, 1.807) is 6.26 Å². The van der Waals surface area contributed by atoms with Gasteiger partial charge in [-0.05, 0) is 6.26 Å². The molecule has 3 heterocycles. The van der Waals surface area contributed by atoms with Crippen molar-refractivity contribution in [1.29, 1.82) is 0 Å². The van der Waals surface area contributed by atoms with Crippen molar-refractivity contribution in [3.8, 4) is 0 Å². The maximum atomic E-state index is 10.2. The van der Waals surface area contributed by atoms with Crippen LogP contribution in [0.5, 0.6) is 0 Å². The van der Waals surface area contributed by atoms with Gasteiger partial charge in [-0.15, -0.1) is 0 Å². The normalized spacial score (nSPS) is 27.0. The highest BCUT2D eigenvalue weighted by Crippen LogP contribution is 2.33. The van der Waals surface area contributed by atoms with Crippen molar-refractivity contribution >= 4 is 45.8 Å². The van der Waals surface area contributed by atoms with E-state index in [0.717, 1.165) is 0 Å². The number of fused-ring (bicyclic) bond motifs is 1. The summed E-state index contributed by atoms with van der Waals surface area (Å²) in [6, 6.07) is 0. The van der Waals surface area contributed by atoms with Gasteiger partial charge in [0, 0.05) is 0 Å². The summed E-state index contributed by atoms with van der Waals surface area (Å²) in [5.74, 6) is 0.144. The Morgan fingerprint density at radius 1 is 1.38 bits per heavy atom. The molecule has 0 unspecified atom stereocenters. The van der Waals surface area contributed by atoms with Crippen molar-refractivity contribution in [2.45, 2.75) is 29.7 Å². The molecule has 1 aliphatic heterocycles. The van der Waals surface area contributed by atoms with Gasteiger partial charge in [0.25, 0.3) is 0 Å². The van der Waals surface area contributed by atoms with Gasteiger partial charge in [0.2, 0.25) is 0 Å². The Bertz CT molecular complexity index is 799. The summed E-state index contributed by atoms with van der Waals surface area (Å²) in [7, 11) is 0. The third-order valence-corrected chi connectivity index (χ3v) is 4.47. The molecule has 12 heteroatoms. The summed E-state index contributed by atoms with van der Waals surface area (Å²) in [5, 5.41) is 34.4. The Kier molecular flexibility index (Phi) is 4.59. The average molecular weight is 372 g/mol. The molecule has 2 aromatic rings. The Hall–Kier alpha value is -1.57. The van der Waals surface area contributed by atoms with Crippen molar-refractivity contribution in [2.75, 3.05) is 18.6 Å². The second kappa shape index (κ2) is 6.38. The largest absolute Gasteiger partial charge is 0.394 e. The summed E-state index contributed by atoms with van der Waals surface area (Å²) in [5.41, 5.74) is 12.1. The fraction of sp³-hybridized carbons (Fsp3) is 0.500. The fourth-order valence-corrected chi connectivity index (χ4v) is 3.08. The summed E-state index contributed by atoms with van der Waals surface area (Å²) in [6.07, 6.45) is -2.84. The quantitative estimate of drug-likeness (QED) is 0.238. The predicted octanol–water partition coefficient (Wildman–Crippen LogP) is -1.62. The molecule has 0 aliphatic carbocycles. The zero-order valence-electron chi connectivity index (χ0n) is 12.5. The van der Waals surface area contributed by atoms with E-state index in [9.17, 15) is 15.3 Å². The molecule has 0 radical (unpaired) electrons. The van der Waals surface area contributed by atoms with Crippen LogP contribution in [0.1, 0.15) is 11.9 Å². The number of anilines is 1. The van der Waals surface area contributed by atoms with Crippen molar-refractivity contribution < 1.29 is 20.1 Å². The fourth-order valence-electron chi connectivity index (χ4n) is 2.57. The SMILES string of the molecule is CSc1nc(N)c2c(C(N)=S)nn([C@@H]3O[C@H](CO)[C@@H](O)[C@H]3O)c2n1. The second-order valence-electron chi connectivity index (χ2n) is 5.18. The minimum absolute atomic E-state index is 0.0160. The van der Waals surface area contributed by atoms with E-state index in [1.807, 2.05) is 0 Å². The molecule has 24 heavy (non-hydrogen) atoms. The molecule has 4 atom stereocenters. The molecule has 130 valence electrons.